The van der Waals surface area contributed by atoms with Crippen molar-refractivity contribution in [1.29, 1.82) is 0 Å². The lowest BCUT2D eigenvalue weighted by Gasteiger charge is -2.14. The van der Waals surface area contributed by atoms with Gasteiger partial charge in [0.25, 0.3) is 0 Å². The third-order valence-electron chi connectivity index (χ3n) is 4.91. The van der Waals surface area contributed by atoms with Gasteiger partial charge >= 0.3 is 0 Å². The van der Waals surface area contributed by atoms with Crippen molar-refractivity contribution in [3.63, 3.8) is 0 Å². The van der Waals surface area contributed by atoms with E-state index in [1.54, 1.807) is 0 Å². The maximum atomic E-state index is 9.24. The third-order valence-corrected chi connectivity index (χ3v) is 4.91. The number of rotatable bonds is 14. The van der Waals surface area contributed by atoms with Crippen LogP contribution in [0.15, 0.2) is 6.33 Å². The van der Waals surface area contributed by atoms with Gasteiger partial charge in [-0.15, -0.1) is 30.6 Å². The molecular formula is C16H25N15O4. The Hall–Kier alpha value is -3.81. The Bertz CT molecular complexity index is 1010. The van der Waals surface area contributed by atoms with Crippen LogP contribution in [-0.4, -0.2) is 122 Å². The molecule has 0 aliphatic carbocycles. The van der Waals surface area contributed by atoms with Crippen molar-refractivity contribution in [2.75, 3.05) is 26.4 Å². The zero-order chi connectivity index (χ0) is 24.6. The molecule has 1 unspecified atom stereocenters. The molecule has 4 rings (SSSR count). The topological polar surface area (TPSA) is 242 Å². The largest absolute Gasteiger partial charge is 0.394 e. The first kappa shape index (κ1) is 24.3. The summed E-state index contributed by atoms with van der Waals surface area (Å²) in [5.41, 5.74) is 0. The van der Waals surface area contributed by atoms with Gasteiger partial charge in [0.05, 0.1) is 64.4 Å². The molecule has 0 fully saturated rings. The Morgan fingerprint density at radius 1 is 0.571 bits per heavy atom. The Balaban J connectivity index is 1.72. The molecule has 19 heteroatoms. The second-order valence-electron chi connectivity index (χ2n) is 7.33. The first-order chi connectivity index (χ1) is 17.1. The third kappa shape index (κ3) is 5.82. The molecule has 0 aliphatic rings. The van der Waals surface area contributed by atoms with E-state index in [0.717, 1.165) is 0 Å². The lowest BCUT2D eigenvalue weighted by atomic mass is 9.92. The van der Waals surface area contributed by atoms with E-state index in [2.05, 4.69) is 56.3 Å². The van der Waals surface area contributed by atoms with E-state index in [1.807, 2.05) is 0 Å². The number of tetrazole rings is 3. The molecule has 19 nitrogen and oxygen atoms in total. The molecule has 4 heterocycles. The lowest BCUT2D eigenvalue weighted by Crippen LogP contribution is -2.16. The van der Waals surface area contributed by atoms with Gasteiger partial charge in [-0.05, 0) is 22.1 Å². The second-order valence-corrected chi connectivity index (χ2v) is 7.33. The van der Waals surface area contributed by atoms with Crippen LogP contribution in [0.1, 0.15) is 41.6 Å². The molecule has 0 amide bonds. The van der Waals surface area contributed by atoms with Gasteiger partial charge in [0, 0.05) is 0 Å². The molecule has 1 atom stereocenters. The van der Waals surface area contributed by atoms with Crippen molar-refractivity contribution in [1.82, 2.24) is 75.4 Å². The van der Waals surface area contributed by atoms with Crippen LogP contribution >= 0.6 is 0 Å². The van der Waals surface area contributed by atoms with E-state index in [9.17, 15) is 20.4 Å². The minimum Gasteiger partial charge on any atom is -0.394 e. The highest BCUT2D eigenvalue weighted by Gasteiger charge is 2.33. The number of nitrogens with zero attached hydrogens (tertiary/aromatic N) is 15. The van der Waals surface area contributed by atoms with Crippen molar-refractivity contribution < 1.29 is 20.4 Å². The summed E-state index contributed by atoms with van der Waals surface area (Å²) in [6, 6.07) is 0. The van der Waals surface area contributed by atoms with Crippen molar-refractivity contribution in [2.45, 2.75) is 44.4 Å². The molecule has 0 saturated heterocycles. The van der Waals surface area contributed by atoms with Crippen LogP contribution in [0.3, 0.4) is 0 Å². The quantitative estimate of drug-likeness (QED) is 0.130. The van der Waals surface area contributed by atoms with E-state index in [-0.39, 0.29) is 76.5 Å². The summed E-state index contributed by atoms with van der Waals surface area (Å²) in [6.45, 7) is 0.0939. The smallest absolute Gasteiger partial charge is 0.185 e. The van der Waals surface area contributed by atoms with Crippen LogP contribution in [-0.2, 0) is 26.2 Å². The highest BCUT2D eigenvalue weighted by atomic mass is 16.3. The lowest BCUT2D eigenvalue weighted by molar-refractivity contribution is 0.258. The Kier molecular flexibility index (Phi) is 8.03. The van der Waals surface area contributed by atoms with Crippen LogP contribution in [0.5, 0.6) is 0 Å². The van der Waals surface area contributed by atoms with Gasteiger partial charge in [-0.1, -0.05) is 0 Å². The maximum absolute atomic E-state index is 9.24. The van der Waals surface area contributed by atoms with E-state index in [1.165, 1.54) is 25.4 Å². The average Bonchev–Trinajstić information content (AvgIpc) is 3.64. The molecule has 0 saturated carbocycles. The van der Waals surface area contributed by atoms with Crippen LogP contribution in [0.2, 0.25) is 0 Å². The van der Waals surface area contributed by atoms with Gasteiger partial charge in [-0.25, -0.2) is 4.98 Å². The highest BCUT2D eigenvalue weighted by Crippen LogP contribution is 2.33. The number of aliphatic hydroxyl groups is 4. The minimum atomic E-state index is -0.658. The predicted octanol–water partition coefficient (Wildman–Crippen LogP) is -4.44. The molecule has 0 spiro atoms. The normalized spacial score (nSPS) is 12.6. The molecule has 0 bridgehead atoms. The van der Waals surface area contributed by atoms with Crippen molar-refractivity contribution in [3.05, 3.63) is 29.6 Å². The van der Waals surface area contributed by atoms with Crippen LogP contribution in [0.4, 0.5) is 0 Å². The Morgan fingerprint density at radius 3 is 1.43 bits per heavy atom. The number of aliphatic hydroxyl groups excluding tert-OH is 4. The SMILES string of the molecule is OCCn1cnc(C(CC(c2nnn(CCO)n2)c2nnn(CCO)n2)c2nnn(CCO)n2)n1. The second kappa shape index (κ2) is 11.6. The van der Waals surface area contributed by atoms with Gasteiger partial charge in [-0.2, -0.15) is 19.5 Å². The van der Waals surface area contributed by atoms with Crippen LogP contribution < -0.4 is 0 Å². The molecule has 188 valence electrons. The summed E-state index contributed by atoms with van der Waals surface area (Å²) in [5.74, 6) is -0.0984. The molecule has 0 aliphatic heterocycles. The fourth-order valence-electron chi connectivity index (χ4n) is 3.30. The predicted molar refractivity (Wildman–Crippen MR) is 110 cm³/mol. The molecular weight excluding hydrogens is 466 g/mol. The summed E-state index contributed by atoms with van der Waals surface area (Å²) >= 11 is 0. The molecule has 4 N–H and O–H groups in total. The molecule has 35 heavy (non-hydrogen) atoms. The van der Waals surface area contributed by atoms with Crippen molar-refractivity contribution in [3.8, 4) is 0 Å². The summed E-state index contributed by atoms with van der Waals surface area (Å²) in [6.07, 6.45) is 1.68. The number of aromatic nitrogens is 15. The van der Waals surface area contributed by atoms with Gasteiger partial charge in [-0.3, -0.25) is 4.68 Å². The monoisotopic (exact) mass is 491 g/mol. The Labute approximate surface area is 197 Å². The number of hydrogen-bond donors (Lipinski definition) is 4. The van der Waals surface area contributed by atoms with Crippen LogP contribution in [0.25, 0.3) is 0 Å². The average molecular weight is 491 g/mol. The zero-order valence-corrected chi connectivity index (χ0v) is 18.6. The number of hydrogen-bond acceptors (Lipinski definition) is 15. The van der Waals surface area contributed by atoms with Gasteiger partial charge in [0.1, 0.15) is 6.33 Å². The highest BCUT2D eigenvalue weighted by molar-refractivity contribution is 5.16. The fraction of sp³-hybridized carbons (Fsp3) is 0.688. The van der Waals surface area contributed by atoms with E-state index >= 15 is 0 Å². The minimum absolute atomic E-state index is 0.114. The molecule has 4 aromatic rings. The van der Waals surface area contributed by atoms with Crippen molar-refractivity contribution in [2.24, 2.45) is 0 Å². The van der Waals surface area contributed by atoms with E-state index in [0.29, 0.717) is 5.82 Å². The summed E-state index contributed by atoms with van der Waals surface area (Å²) in [4.78, 5) is 8.12. The molecule has 0 aromatic carbocycles. The zero-order valence-electron chi connectivity index (χ0n) is 18.6. The molecule has 0 radical (unpaired) electrons. The maximum Gasteiger partial charge on any atom is 0.185 e. The van der Waals surface area contributed by atoms with Gasteiger partial charge in [0.2, 0.25) is 0 Å². The van der Waals surface area contributed by atoms with Gasteiger partial charge in [0.15, 0.2) is 23.3 Å². The summed E-state index contributed by atoms with van der Waals surface area (Å²) in [5, 5.41) is 78.6. The first-order valence-corrected chi connectivity index (χ1v) is 10.8. The Morgan fingerprint density at radius 2 is 1.00 bits per heavy atom. The fourth-order valence-corrected chi connectivity index (χ4v) is 3.30. The van der Waals surface area contributed by atoms with Gasteiger partial charge < -0.3 is 20.4 Å². The summed E-state index contributed by atoms with van der Waals surface area (Å²) in [7, 11) is 0. The first-order valence-electron chi connectivity index (χ1n) is 10.8. The van der Waals surface area contributed by atoms with E-state index < -0.39 is 11.8 Å². The molecule has 4 aromatic heterocycles. The van der Waals surface area contributed by atoms with Crippen molar-refractivity contribution >= 4 is 0 Å². The summed E-state index contributed by atoms with van der Waals surface area (Å²) < 4.78 is 1.49. The standard InChI is InChI=1S/C16H25N15O4/c32-5-1-28-10-17-13(21-28)11(14-18-25-29(22-14)2-6-33)9-12(15-19-26-30(23-15)3-7-34)16-20-27-31(24-16)4-8-35/h10-12,32-35H,1-9H2. The van der Waals surface area contributed by atoms with E-state index in [4.69, 9.17) is 0 Å². The van der Waals surface area contributed by atoms with Crippen LogP contribution in [0, 0.1) is 0 Å².